The molecule has 0 heterocycles. The molecule has 0 aliphatic rings. The van der Waals surface area contributed by atoms with Crippen molar-refractivity contribution in [2.45, 2.75) is 26.4 Å². The third-order valence-corrected chi connectivity index (χ3v) is 2.43. The molecule has 0 saturated carbocycles. The maximum absolute atomic E-state index is 11.8. The Morgan fingerprint density at radius 3 is 2.60 bits per heavy atom. The van der Waals surface area contributed by atoms with Crippen molar-refractivity contribution < 1.29 is 14.3 Å². The first-order valence-electron chi connectivity index (χ1n) is 6.36. The van der Waals surface area contributed by atoms with Crippen LogP contribution in [-0.2, 0) is 4.79 Å². The summed E-state index contributed by atoms with van der Waals surface area (Å²) in [6.45, 7) is 4.52. The van der Waals surface area contributed by atoms with Gasteiger partial charge < -0.3 is 20.1 Å². The second-order valence-corrected chi connectivity index (χ2v) is 4.43. The number of benzene rings is 1. The lowest BCUT2D eigenvalue weighted by atomic mass is 10.2. The van der Waals surface area contributed by atoms with Crippen molar-refractivity contribution in [3.63, 3.8) is 0 Å². The molecule has 1 rings (SSSR count). The molecule has 0 aliphatic carbocycles. The second kappa shape index (κ2) is 9.44. The zero-order valence-corrected chi connectivity index (χ0v) is 13.2. The molecule has 0 bridgehead atoms. The van der Waals surface area contributed by atoms with Gasteiger partial charge >= 0.3 is 0 Å². The van der Waals surface area contributed by atoms with Gasteiger partial charge in [-0.05, 0) is 33.0 Å². The highest BCUT2D eigenvalue weighted by atomic mass is 35.5. The number of nitrogens with one attached hydrogen (secondary N) is 2. The summed E-state index contributed by atoms with van der Waals surface area (Å²) >= 11 is 0. The number of hydrogen-bond donors (Lipinski definition) is 2. The minimum atomic E-state index is -0.0591. The number of hydrogen-bond acceptors (Lipinski definition) is 4. The topological polar surface area (TPSA) is 59.6 Å². The highest BCUT2D eigenvalue weighted by Crippen LogP contribution is 2.30. The lowest BCUT2D eigenvalue weighted by molar-refractivity contribution is -0.116. The summed E-state index contributed by atoms with van der Waals surface area (Å²) in [4.78, 5) is 11.8. The fourth-order valence-corrected chi connectivity index (χ4v) is 1.54. The van der Waals surface area contributed by atoms with Crippen LogP contribution in [0.1, 0.15) is 20.3 Å². The second-order valence-electron chi connectivity index (χ2n) is 4.43. The average Bonchev–Trinajstić information content (AvgIpc) is 2.37. The van der Waals surface area contributed by atoms with E-state index in [1.165, 1.54) is 0 Å². The molecule has 0 atom stereocenters. The largest absolute Gasteiger partial charge is 0.497 e. The smallest absolute Gasteiger partial charge is 0.225 e. The third-order valence-electron chi connectivity index (χ3n) is 2.43. The summed E-state index contributed by atoms with van der Waals surface area (Å²) in [5.74, 6) is 1.27. The quantitative estimate of drug-likeness (QED) is 0.812. The Bertz CT molecular complexity index is 425. The number of ether oxygens (including phenoxy) is 2. The van der Waals surface area contributed by atoms with Crippen molar-refractivity contribution in [2.75, 3.05) is 26.0 Å². The average molecular weight is 303 g/mol. The maximum Gasteiger partial charge on any atom is 0.225 e. The molecule has 6 heteroatoms. The molecule has 5 nitrogen and oxygen atoms in total. The first-order chi connectivity index (χ1) is 9.06. The zero-order valence-electron chi connectivity index (χ0n) is 12.4. The van der Waals surface area contributed by atoms with Gasteiger partial charge in [-0.15, -0.1) is 12.4 Å². The van der Waals surface area contributed by atoms with E-state index in [-0.39, 0.29) is 24.4 Å². The standard InChI is InChI=1S/C14H22N2O3.ClH/c1-10(2)19-13-6-5-11(18-4)9-12(13)16-14(17)7-8-15-3;/h5-6,9-10,15H,7-8H2,1-4H3,(H,16,17);1H. The van der Waals surface area contributed by atoms with Crippen LogP contribution in [0.2, 0.25) is 0 Å². The van der Waals surface area contributed by atoms with Crippen LogP contribution in [0.25, 0.3) is 0 Å². The number of carbonyl (C=O) groups is 1. The van der Waals surface area contributed by atoms with Crippen LogP contribution in [-0.4, -0.2) is 32.7 Å². The molecule has 20 heavy (non-hydrogen) atoms. The molecule has 0 unspecified atom stereocenters. The van der Waals surface area contributed by atoms with Crippen LogP contribution in [0.3, 0.4) is 0 Å². The summed E-state index contributed by atoms with van der Waals surface area (Å²) < 4.78 is 10.8. The van der Waals surface area contributed by atoms with Crippen LogP contribution in [0.5, 0.6) is 11.5 Å². The fourth-order valence-electron chi connectivity index (χ4n) is 1.54. The monoisotopic (exact) mass is 302 g/mol. The van der Waals surface area contributed by atoms with E-state index in [9.17, 15) is 4.79 Å². The Labute approximate surface area is 126 Å². The van der Waals surface area contributed by atoms with Crippen LogP contribution in [0.4, 0.5) is 5.69 Å². The van der Waals surface area contributed by atoms with Gasteiger partial charge in [0.1, 0.15) is 11.5 Å². The maximum atomic E-state index is 11.8. The molecule has 1 aromatic rings. The van der Waals surface area contributed by atoms with Gasteiger partial charge in [0.15, 0.2) is 0 Å². The van der Waals surface area contributed by atoms with Crippen LogP contribution >= 0.6 is 12.4 Å². The zero-order chi connectivity index (χ0) is 14.3. The highest BCUT2D eigenvalue weighted by Gasteiger charge is 2.10. The van der Waals surface area contributed by atoms with Gasteiger partial charge in [-0.1, -0.05) is 0 Å². The Morgan fingerprint density at radius 1 is 1.35 bits per heavy atom. The van der Waals surface area contributed by atoms with Crippen molar-refractivity contribution in [1.29, 1.82) is 0 Å². The first-order valence-corrected chi connectivity index (χ1v) is 6.36. The molecule has 0 aliphatic heterocycles. The van der Waals surface area contributed by atoms with E-state index >= 15 is 0 Å². The van der Waals surface area contributed by atoms with Gasteiger partial charge in [0.25, 0.3) is 0 Å². The van der Waals surface area contributed by atoms with Crippen LogP contribution in [0, 0.1) is 0 Å². The first kappa shape index (κ1) is 18.5. The molecular weight excluding hydrogens is 280 g/mol. The lowest BCUT2D eigenvalue weighted by Gasteiger charge is -2.16. The lowest BCUT2D eigenvalue weighted by Crippen LogP contribution is -2.19. The number of rotatable bonds is 7. The van der Waals surface area contributed by atoms with E-state index in [4.69, 9.17) is 9.47 Å². The third kappa shape index (κ3) is 6.12. The van der Waals surface area contributed by atoms with Crippen molar-refractivity contribution >= 4 is 24.0 Å². The molecular formula is C14H23ClN2O3. The predicted octanol–water partition coefficient (Wildman–Crippen LogP) is 2.45. The molecule has 0 saturated heterocycles. The predicted molar refractivity (Wildman–Crippen MR) is 83.2 cm³/mol. The minimum absolute atomic E-state index is 0. The summed E-state index contributed by atoms with van der Waals surface area (Å²) in [6, 6.07) is 5.36. The molecule has 114 valence electrons. The summed E-state index contributed by atoms with van der Waals surface area (Å²) in [7, 11) is 3.40. The van der Waals surface area contributed by atoms with Gasteiger partial charge in [0, 0.05) is 19.0 Å². The van der Waals surface area contributed by atoms with Gasteiger partial charge in [-0.3, -0.25) is 4.79 Å². The number of methoxy groups -OCH3 is 1. The number of carbonyl (C=O) groups excluding carboxylic acids is 1. The fraction of sp³-hybridized carbons (Fsp3) is 0.500. The highest BCUT2D eigenvalue weighted by molar-refractivity contribution is 5.92. The van der Waals surface area contributed by atoms with E-state index < -0.39 is 0 Å². The van der Waals surface area contributed by atoms with Crippen molar-refractivity contribution in [3.8, 4) is 11.5 Å². The normalized spacial score (nSPS) is 9.85. The molecule has 0 fully saturated rings. The van der Waals surface area contributed by atoms with E-state index in [0.717, 1.165) is 0 Å². The minimum Gasteiger partial charge on any atom is -0.497 e. The van der Waals surface area contributed by atoms with Crippen molar-refractivity contribution in [2.24, 2.45) is 0 Å². The van der Waals surface area contributed by atoms with Crippen molar-refractivity contribution in [3.05, 3.63) is 18.2 Å². The van der Waals surface area contributed by atoms with Gasteiger partial charge in [-0.25, -0.2) is 0 Å². The Kier molecular flexibility index (Phi) is 8.76. The SMILES string of the molecule is CNCCC(=O)Nc1cc(OC)ccc1OC(C)C.Cl. The summed E-state index contributed by atoms with van der Waals surface area (Å²) in [6.07, 6.45) is 0.454. The number of halogens is 1. The Morgan fingerprint density at radius 2 is 2.05 bits per heavy atom. The Balaban J connectivity index is 0.00000361. The summed E-state index contributed by atoms with van der Waals surface area (Å²) in [5.41, 5.74) is 0.633. The van der Waals surface area contributed by atoms with E-state index in [1.807, 2.05) is 20.9 Å². The van der Waals surface area contributed by atoms with Gasteiger partial charge in [0.05, 0.1) is 18.9 Å². The number of anilines is 1. The molecule has 0 spiro atoms. The van der Waals surface area contributed by atoms with Crippen LogP contribution < -0.4 is 20.1 Å². The van der Waals surface area contributed by atoms with Crippen molar-refractivity contribution in [1.82, 2.24) is 5.32 Å². The van der Waals surface area contributed by atoms with E-state index in [2.05, 4.69) is 10.6 Å². The van der Waals surface area contributed by atoms with E-state index in [0.29, 0.717) is 30.2 Å². The molecule has 0 aromatic heterocycles. The summed E-state index contributed by atoms with van der Waals surface area (Å²) in [5, 5.41) is 5.78. The van der Waals surface area contributed by atoms with Gasteiger partial charge in [0.2, 0.25) is 5.91 Å². The Hall–Kier alpha value is -1.46. The van der Waals surface area contributed by atoms with Gasteiger partial charge in [-0.2, -0.15) is 0 Å². The van der Waals surface area contributed by atoms with E-state index in [1.54, 1.807) is 25.3 Å². The molecule has 2 N–H and O–H groups in total. The molecule has 1 amide bonds. The molecule has 1 aromatic carbocycles. The molecule has 0 radical (unpaired) electrons. The van der Waals surface area contributed by atoms with Crippen LogP contribution in [0.15, 0.2) is 18.2 Å². The number of amides is 1.